The summed E-state index contributed by atoms with van der Waals surface area (Å²) in [6.07, 6.45) is 2.15. The summed E-state index contributed by atoms with van der Waals surface area (Å²) in [6, 6.07) is 3.53. The van der Waals surface area contributed by atoms with Gasteiger partial charge in [0.2, 0.25) is 5.75 Å². The van der Waals surface area contributed by atoms with E-state index < -0.39 is 41.3 Å². The molecule has 2 aromatic carbocycles. The molecule has 1 unspecified atom stereocenters. The van der Waals surface area contributed by atoms with Crippen molar-refractivity contribution in [3.63, 3.8) is 0 Å². The summed E-state index contributed by atoms with van der Waals surface area (Å²) in [7, 11) is 0. The van der Waals surface area contributed by atoms with Crippen molar-refractivity contribution in [2.45, 2.75) is 89.3 Å². The fraction of sp³-hybridized carbons (Fsp3) is 0.556. The van der Waals surface area contributed by atoms with E-state index in [1.807, 2.05) is 0 Å². The Morgan fingerprint density at radius 3 is 2.11 bits per heavy atom. The van der Waals surface area contributed by atoms with Crippen LogP contribution in [0.4, 0.5) is 30.7 Å². The Balaban J connectivity index is 1.51. The monoisotopic (exact) mass is 502 g/mol. The van der Waals surface area contributed by atoms with Crippen molar-refractivity contribution in [2.75, 3.05) is 0 Å². The predicted molar refractivity (Wildman–Crippen MR) is 118 cm³/mol. The van der Waals surface area contributed by atoms with Crippen molar-refractivity contribution in [2.24, 2.45) is 5.92 Å². The first-order valence-electron chi connectivity index (χ1n) is 12.3. The number of alkyl halides is 3. The molecule has 1 saturated carbocycles. The van der Waals surface area contributed by atoms with Crippen LogP contribution in [0.2, 0.25) is 0 Å². The van der Waals surface area contributed by atoms with Crippen LogP contribution in [0.3, 0.4) is 0 Å². The summed E-state index contributed by atoms with van der Waals surface area (Å²) < 4.78 is 100. The van der Waals surface area contributed by atoms with Gasteiger partial charge in [-0.2, -0.15) is 0 Å². The fourth-order valence-corrected chi connectivity index (χ4v) is 5.79. The summed E-state index contributed by atoms with van der Waals surface area (Å²) in [6.45, 7) is 2.16. The van der Waals surface area contributed by atoms with E-state index in [0.29, 0.717) is 11.5 Å². The topological polar surface area (TPSA) is 9.23 Å². The molecule has 0 aliphatic heterocycles. The maximum atomic E-state index is 15.1. The molecule has 0 saturated heterocycles. The van der Waals surface area contributed by atoms with E-state index in [2.05, 4.69) is 11.7 Å². The summed E-state index contributed by atoms with van der Waals surface area (Å²) in [5.41, 5.74) is 0.491. The minimum absolute atomic E-state index is 0.0782. The minimum Gasteiger partial charge on any atom is -0.399 e. The summed E-state index contributed by atoms with van der Waals surface area (Å²) >= 11 is 0. The predicted octanol–water partition coefficient (Wildman–Crippen LogP) is 8.88. The second-order valence-electron chi connectivity index (χ2n) is 9.88. The van der Waals surface area contributed by atoms with E-state index in [0.717, 1.165) is 38.2 Å². The van der Waals surface area contributed by atoms with Gasteiger partial charge in [-0.15, -0.1) is 13.2 Å². The molecule has 1 nitrogen and oxygen atoms in total. The van der Waals surface area contributed by atoms with Crippen LogP contribution in [-0.4, -0.2) is 6.36 Å². The Labute approximate surface area is 200 Å². The van der Waals surface area contributed by atoms with Crippen molar-refractivity contribution in [3.8, 4) is 5.75 Å². The first-order chi connectivity index (χ1) is 16.6. The second kappa shape index (κ2) is 10.4. The highest BCUT2D eigenvalue weighted by Crippen LogP contribution is 2.43. The van der Waals surface area contributed by atoms with Gasteiger partial charge in [-0.05, 0) is 97.6 Å². The fourth-order valence-electron chi connectivity index (χ4n) is 5.79. The van der Waals surface area contributed by atoms with Crippen molar-refractivity contribution in [1.82, 2.24) is 0 Å². The van der Waals surface area contributed by atoms with E-state index in [9.17, 15) is 22.0 Å². The maximum absolute atomic E-state index is 15.1. The van der Waals surface area contributed by atoms with Crippen molar-refractivity contribution < 1.29 is 35.5 Å². The largest absolute Gasteiger partial charge is 0.573 e. The lowest BCUT2D eigenvalue weighted by Crippen LogP contribution is -2.22. The highest BCUT2D eigenvalue weighted by atomic mass is 19.4. The maximum Gasteiger partial charge on any atom is 0.573 e. The lowest BCUT2D eigenvalue weighted by atomic mass is 9.75. The molecular weight excluding hydrogens is 473 g/mol. The van der Waals surface area contributed by atoms with Gasteiger partial charge in [0.25, 0.3) is 0 Å². The van der Waals surface area contributed by atoms with Crippen molar-refractivity contribution in [3.05, 3.63) is 63.7 Å². The molecule has 2 aliphatic rings. The Morgan fingerprint density at radius 2 is 1.51 bits per heavy atom. The Bertz CT molecular complexity index is 1030. The smallest absolute Gasteiger partial charge is 0.399 e. The first-order valence-corrected chi connectivity index (χ1v) is 12.3. The summed E-state index contributed by atoms with van der Waals surface area (Å²) in [5.74, 6) is -5.67. The summed E-state index contributed by atoms with van der Waals surface area (Å²) in [5, 5.41) is 0. The molecule has 8 heteroatoms. The van der Waals surface area contributed by atoms with Gasteiger partial charge in [-0.1, -0.05) is 26.2 Å². The van der Waals surface area contributed by atoms with Crippen molar-refractivity contribution >= 4 is 0 Å². The van der Waals surface area contributed by atoms with E-state index in [1.54, 1.807) is 0 Å². The quantitative estimate of drug-likeness (QED) is 0.359. The molecule has 0 spiro atoms. The number of ether oxygens (including phenoxy) is 1. The molecule has 0 amide bonds. The minimum atomic E-state index is -5.24. The Hall–Kier alpha value is -2.25. The second-order valence-corrected chi connectivity index (χ2v) is 9.88. The average Bonchev–Trinajstić information content (AvgIpc) is 2.79. The Kier molecular flexibility index (Phi) is 7.67. The SMILES string of the molecule is CCCCC1CCC(c2cc(F)c(C3CCc4c(cc(F)c(OC(F)(F)F)c4F)C3)c(F)c2)CC1. The molecule has 192 valence electrons. The van der Waals surface area contributed by atoms with Gasteiger partial charge in [0.1, 0.15) is 11.6 Å². The van der Waals surface area contributed by atoms with Crippen LogP contribution in [0, 0.1) is 29.2 Å². The van der Waals surface area contributed by atoms with E-state index in [4.69, 9.17) is 0 Å². The number of hydrogen-bond donors (Lipinski definition) is 0. The highest BCUT2D eigenvalue weighted by Gasteiger charge is 2.37. The Morgan fingerprint density at radius 1 is 0.857 bits per heavy atom. The van der Waals surface area contributed by atoms with Gasteiger partial charge in [0.15, 0.2) is 11.6 Å². The lowest BCUT2D eigenvalue weighted by molar-refractivity contribution is -0.276. The first kappa shape index (κ1) is 25.8. The van der Waals surface area contributed by atoms with Crippen LogP contribution in [-0.2, 0) is 12.8 Å². The number of halogens is 7. The standard InChI is InChI=1S/C27H29F7O/c1-2-3-4-15-5-7-16(8-6-15)18-12-21(28)24(22(29)13-18)17-9-10-20-19(11-17)14-23(30)26(25(20)31)35-27(32,33)34/h12-17H,2-11H2,1H3. The van der Waals surface area contributed by atoms with E-state index in [1.165, 1.54) is 25.0 Å². The van der Waals surface area contributed by atoms with Gasteiger partial charge in [0, 0.05) is 5.56 Å². The molecule has 1 atom stereocenters. The number of hydrogen-bond acceptors (Lipinski definition) is 1. The normalized spacial score (nSPS) is 22.7. The van der Waals surface area contributed by atoms with Gasteiger partial charge in [-0.3, -0.25) is 0 Å². The molecule has 0 bridgehead atoms. The molecule has 0 radical (unpaired) electrons. The summed E-state index contributed by atoms with van der Waals surface area (Å²) in [4.78, 5) is 0. The molecule has 2 aromatic rings. The van der Waals surface area contributed by atoms with Gasteiger partial charge >= 0.3 is 6.36 Å². The van der Waals surface area contributed by atoms with Crippen molar-refractivity contribution in [1.29, 1.82) is 0 Å². The third-order valence-electron chi connectivity index (χ3n) is 7.59. The number of unbranched alkanes of at least 4 members (excludes halogenated alkanes) is 1. The highest BCUT2D eigenvalue weighted by molar-refractivity contribution is 5.43. The lowest BCUT2D eigenvalue weighted by Gasteiger charge is -2.30. The zero-order valence-electron chi connectivity index (χ0n) is 19.6. The zero-order chi connectivity index (χ0) is 25.3. The van der Waals surface area contributed by atoms with Gasteiger partial charge in [-0.25, -0.2) is 17.6 Å². The van der Waals surface area contributed by atoms with Crippen LogP contribution < -0.4 is 4.74 Å². The molecule has 4 rings (SSSR count). The third-order valence-corrected chi connectivity index (χ3v) is 7.59. The van der Waals surface area contributed by atoms with Crippen LogP contribution >= 0.6 is 0 Å². The zero-order valence-corrected chi connectivity index (χ0v) is 19.6. The van der Waals surface area contributed by atoms with Crippen LogP contribution in [0.25, 0.3) is 0 Å². The number of fused-ring (bicyclic) bond motifs is 1. The van der Waals surface area contributed by atoms with Crippen LogP contribution in [0.1, 0.15) is 92.4 Å². The van der Waals surface area contributed by atoms with Crippen LogP contribution in [0.5, 0.6) is 5.75 Å². The third kappa shape index (κ3) is 5.78. The number of rotatable bonds is 6. The molecule has 0 heterocycles. The molecule has 1 fully saturated rings. The molecule has 0 aromatic heterocycles. The van der Waals surface area contributed by atoms with Crippen LogP contribution in [0.15, 0.2) is 18.2 Å². The molecule has 0 N–H and O–H groups in total. The molecular formula is C27H29F7O. The molecule has 35 heavy (non-hydrogen) atoms. The van der Waals surface area contributed by atoms with E-state index >= 15 is 8.78 Å². The molecule has 2 aliphatic carbocycles. The van der Waals surface area contributed by atoms with Gasteiger partial charge < -0.3 is 4.74 Å². The van der Waals surface area contributed by atoms with E-state index in [-0.39, 0.29) is 41.9 Å². The van der Waals surface area contributed by atoms with Gasteiger partial charge in [0.05, 0.1) is 0 Å². The number of benzene rings is 2. The average molecular weight is 503 g/mol.